The average molecular weight is 983 g/mol. The van der Waals surface area contributed by atoms with Gasteiger partial charge in [-0.1, -0.05) is 59.4 Å². The Kier molecular flexibility index (Phi) is 22.8. The van der Waals surface area contributed by atoms with Gasteiger partial charge in [0.05, 0.1) is 42.0 Å². The first-order valence-corrected chi connectivity index (χ1v) is 25.5. The van der Waals surface area contributed by atoms with E-state index in [0.717, 1.165) is 12.8 Å². The topological polar surface area (TPSA) is 212 Å². The van der Waals surface area contributed by atoms with E-state index in [1.165, 1.54) is 23.8 Å². The minimum Gasteiger partial charge on any atom is -0.459 e. The highest BCUT2D eigenvalue weighted by Gasteiger charge is 2.58. The summed E-state index contributed by atoms with van der Waals surface area (Å²) in [4.78, 5) is 33.5. The molecule has 3 saturated heterocycles. The van der Waals surface area contributed by atoms with Crippen LogP contribution < -0.4 is 5.32 Å². The lowest BCUT2D eigenvalue weighted by atomic mass is 9.75. The fraction of sp³-hybridized carbons (Fsp3) is 0.846. The van der Waals surface area contributed by atoms with Crippen LogP contribution in [-0.4, -0.2) is 189 Å². The minimum atomic E-state index is -1.86. The van der Waals surface area contributed by atoms with E-state index in [-0.39, 0.29) is 38.1 Å². The van der Waals surface area contributed by atoms with Gasteiger partial charge < -0.3 is 64.2 Å². The molecule has 0 aromatic carbocycles. The third-order valence-electron chi connectivity index (χ3n) is 15.3. The highest BCUT2D eigenvalue weighted by molar-refractivity contribution is 5.76. The molecule has 0 unspecified atom stereocenters. The lowest BCUT2D eigenvalue weighted by molar-refractivity contribution is -0.336. The molecule has 0 aromatic rings. The normalized spacial score (nSPS) is 41.4. The van der Waals surface area contributed by atoms with Gasteiger partial charge in [-0.15, -0.1) is 0 Å². The Balaban J connectivity index is 2.22. The molecule has 0 aliphatic carbocycles. The highest BCUT2D eigenvalue weighted by Crippen LogP contribution is 2.43. The summed E-state index contributed by atoms with van der Waals surface area (Å²) in [7, 11) is 4.73. The smallest absolute Gasteiger partial charge is 0.324 e. The van der Waals surface area contributed by atoms with E-state index >= 15 is 0 Å². The predicted octanol–water partition coefficient (Wildman–Crippen LogP) is 5.12. The Hall–Kier alpha value is -2.52. The molecule has 0 bridgehead atoms. The van der Waals surface area contributed by atoms with Crippen molar-refractivity contribution in [1.29, 1.82) is 0 Å². The molecule has 17 nitrogen and oxygen atoms in total. The number of hydrogen-bond acceptors (Lipinski definition) is 15. The van der Waals surface area contributed by atoms with Crippen molar-refractivity contribution in [3.8, 4) is 0 Å². The molecular formula is C52H94N4O13. The van der Waals surface area contributed by atoms with Gasteiger partial charge in [0.15, 0.2) is 12.6 Å². The van der Waals surface area contributed by atoms with Crippen LogP contribution in [0.2, 0.25) is 0 Å². The Morgan fingerprint density at radius 3 is 2.20 bits per heavy atom. The van der Waals surface area contributed by atoms with Crippen molar-refractivity contribution in [2.75, 3.05) is 47.4 Å². The monoisotopic (exact) mass is 983 g/mol. The number of esters is 1. The van der Waals surface area contributed by atoms with E-state index < -0.39 is 114 Å². The molecule has 0 aromatic heterocycles. The second kappa shape index (κ2) is 25.9. The van der Waals surface area contributed by atoms with Crippen LogP contribution in [0.4, 0.5) is 4.79 Å². The molecular weight excluding hydrogens is 889 g/mol. The third kappa shape index (κ3) is 14.4. The van der Waals surface area contributed by atoms with Crippen LogP contribution in [0.3, 0.4) is 0 Å². The number of carbonyl (C=O) groups is 2. The number of likely N-dealkylation sites (N-methyl/N-ethyl adjacent to an activating group) is 2. The van der Waals surface area contributed by atoms with E-state index in [9.17, 15) is 35.1 Å². The Morgan fingerprint density at radius 2 is 1.62 bits per heavy atom. The number of nitrogens with one attached hydrogen (secondary N) is 1. The van der Waals surface area contributed by atoms with Gasteiger partial charge in [-0.2, -0.15) is 0 Å². The summed E-state index contributed by atoms with van der Waals surface area (Å²) in [5.41, 5.74) is -5.80. The zero-order valence-corrected chi connectivity index (χ0v) is 45.0. The van der Waals surface area contributed by atoms with E-state index in [4.69, 9.17) is 28.4 Å². The fourth-order valence-corrected chi connectivity index (χ4v) is 10.8. The SMILES string of the molecule is C=C(/C=C\C=C/C)N(C)C(=O)N(C)[C@H]1C[C@@H](C)O[C@@H](O[C@@H]2[C@@H](C)[C@H](O[C@H]3C[C@@](C)(OC)[C@](O)(CNCCC)[C@H](C)O3)[C@@H](C)C(=O)O[C@H](CC)[C@@](C)(O)[C@H](O)[C@@H](C)N(CCC)C[C@H](C)C[C@@]2(C)O)[C@@H]1O. The average Bonchev–Trinajstić information content (AvgIpc) is 3.29. The lowest BCUT2D eigenvalue weighted by Gasteiger charge is -2.53. The maximum Gasteiger partial charge on any atom is 0.324 e. The van der Waals surface area contributed by atoms with Crippen LogP contribution in [0.15, 0.2) is 36.6 Å². The highest BCUT2D eigenvalue weighted by atomic mass is 16.7. The van der Waals surface area contributed by atoms with Gasteiger partial charge >= 0.3 is 12.0 Å². The van der Waals surface area contributed by atoms with E-state index in [1.54, 1.807) is 67.8 Å². The molecule has 3 heterocycles. The molecule has 2 amide bonds. The van der Waals surface area contributed by atoms with Crippen LogP contribution in [0.25, 0.3) is 0 Å². The standard InChI is InChI=1S/C52H94N4O13/c1-18-22-23-24-33(6)54(15)48(60)55(16)39-27-34(7)65-47(42(39)57)69-45-35(8)43(68-41-29-50(13,64-17)52(63,38(11)66-41)31-53-25-19-2)36(9)46(59)67-40(21-4)51(14,62)44(58)37(10)56(26-20-3)30-32(5)28-49(45,12)61/h18,22-24,32,34-45,47,53,57-58,61-63H,6,19-21,25-31H2,1-5,7-17H3/b22-18-,24-23-/t32-,34-,35+,36-,37-,38+,39+,40-,41+,42-,43+,44-,45-,47+,49-,50-,51-,52+/m1/s1. The van der Waals surface area contributed by atoms with Crippen molar-refractivity contribution in [3.05, 3.63) is 36.6 Å². The number of aliphatic hydroxyl groups is 5. The number of nitrogens with zero attached hydrogens (tertiary/aromatic N) is 3. The lowest BCUT2D eigenvalue weighted by Crippen LogP contribution is -2.70. The number of ether oxygens (including phenoxy) is 6. The van der Waals surface area contributed by atoms with Gasteiger partial charge in [-0.25, -0.2) is 4.79 Å². The summed E-state index contributed by atoms with van der Waals surface area (Å²) < 4.78 is 39.0. The first kappa shape index (κ1) is 60.8. The van der Waals surface area contributed by atoms with E-state index in [2.05, 4.69) is 16.8 Å². The number of aliphatic hydroxyl groups excluding tert-OH is 2. The largest absolute Gasteiger partial charge is 0.459 e. The maximum absolute atomic E-state index is 14.7. The molecule has 3 fully saturated rings. The zero-order valence-electron chi connectivity index (χ0n) is 45.0. The van der Waals surface area contributed by atoms with Crippen molar-refractivity contribution in [2.45, 2.75) is 218 Å². The number of amides is 2. The molecule has 69 heavy (non-hydrogen) atoms. The number of cyclic esters (lactones) is 1. The van der Waals surface area contributed by atoms with Crippen molar-refractivity contribution >= 4 is 12.0 Å². The number of carbonyl (C=O) groups excluding carboxylic acids is 2. The van der Waals surface area contributed by atoms with E-state index in [0.29, 0.717) is 25.3 Å². The van der Waals surface area contributed by atoms with Gasteiger partial charge in [0.1, 0.15) is 35.1 Å². The van der Waals surface area contributed by atoms with Crippen molar-refractivity contribution < 1.29 is 63.5 Å². The van der Waals surface area contributed by atoms with Gasteiger partial charge in [0, 0.05) is 58.4 Å². The van der Waals surface area contributed by atoms with Gasteiger partial charge in [0.2, 0.25) is 0 Å². The molecule has 0 radical (unpaired) electrons. The number of allylic oxidation sites excluding steroid dienone is 4. The Bertz CT molecular complexity index is 1700. The van der Waals surface area contributed by atoms with Crippen LogP contribution in [0.5, 0.6) is 0 Å². The quantitative estimate of drug-likeness (QED) is 0.0674. The maximum atomic E-state index is 14.7. The van der Waals surface area contributed by atoms with Crippen LogP contribution in [0, 0.1) is 17.8 Å². The van der Waals surface area contributed by atoms with Gasteiger partial charge in [-0.3, -0.25) is 14.6 Å². The summed E-state index contributed by atoms with van der Waals surface area (Å²) in [6.45, 7) is 29.4. The Labute approximate surface area is 414 Å². The molecule has 0 saturated carbocycles. The molecule has 3 aliphatic heterocycles. The first-order chi connectivity index (χ1) is 32.1. The van der Waals surface area contributed by atoms with Crippen molar-refractivity contribution in [1.82, 2.24) is 20.0 Å². The minimum absolute atomic E-state index is 0.0433. The van der Waals surface area contributed by atoms with Crippen molar-refractivity contribution in [3.63, 3.8) is 0 Å². The summed E-state index contributed by atoms with van der Waals surface area (Å²) in [6.07, 6.45) is -0.533. The van der Waals surface area contributed by atoms with Crippen LogP contribution >= 0.6 is 0 Å². The van der Waals surface area contributed by atoms with Gasteiger partial charge in [-0.05, 0) is 113 Å². The molecule has 400 valence electrons. The molecule has 3 rings (SSSR count). The summed E-state index contributed by atoms with van der Waals surface area (Å²) in [6, 6.07) is -1.78. The number of rotatable bonds is 16. The van der Waals surface area contributed by atoms with Gasteiger partial charge in [0.25, 0.3) is 0 Å². The predicted molar refractivity (Wildman–Crippen MR) is 266 cm³/mol. The first-order valence-electron chi connectivity index (χ1n) is 25.5. The van der Waals surface area contributed by atoms with Crippen LogP contribution in [-0.2, 0) is 33.2 Å². The van der Waals surface area contributed by atoms with E-state index in [1.807, 2.05) is 53.7 Å². The second-order valence-corrected chi connectivity index (χ2v) is 21.1. The molecule has 3 aliphatic rings. The molecule has 17 heteroatoms. The summed E-state index contributed by atoms with van der Waals surface area (Å²) >= 11 is 0. The number of hydrogen-bond donors (Lipinski definition) is 6. The summed E-state index contributed by atoms with van der Waals surface area (Å²) in [5, 5.41) is 64.7. The Morgan fingerprint density at radius 1 is 0.971 bits per heavy atom. The van der Waals surface area contributed by atoms with Crippen LogP contribution in [0.1, 0.15) is 129 Å². The molecule has 0 spiro atoms. The second-order valence-electron chi connectivity index (χ2n) is 21.1. The third-order valence-corrected chi connectivity index (χ3v) is 15.3. The zero-order chi connectivity index (χ0) is 52.4. The van der Waals surface area contributed by atoms with Crippen molar-refractivity contribution in [2.24, 2.45) is 17.8 Å². The molecule has 6 N–H and O–H groups in total. The number of methoxy groups -OCH3 is 1. The number of urea groups is 1. The summed E-state index contributed by atoms with van der Waals surface area (Å²) in [5.74, 6) is -2.97. The molecule has 18 atom stereocenters. The fourth-order valence-electron chi connectivity index (χ4n) is 10.8.